The molecule has 2 N–H and O–H groups in total. The Bertz CT molecular complexity index is 1040. The zero-order valence-corrected chi connectivity index (χ0v) is 15.8. The van der Waals surface area contributed by atoms with Gasteiger partial charge < -0.3 is 15.4 Å². The van der Waals surface area contributed by atoms with Crippen molar-refractivity contribution in [2.24, 2.45) is 0 Å². The van der Waals surface area contributed by atoms with E-state index >= 15 is 0 Å². The van der Waals surface area contributed by atoms with Crippen molar-refractivity contribution in [1.29, 1.82) is 0 Å². The van der Waals surface area contributed by atoms with Crippen LogP contribution in [-0.2, 0) is 11.2 Å². The number of fused-ring (bicyclic) bond motifs is 1. The number of anilines is 2. The maximum atomic E-state index is 13.2. The topological polar surface area (TPSA) is 55.6 Å². The zero-order valence-electron chi connectivity index (χ0n) is 15.8. The minimum Gasteiger partial charge on any atom is -0.449 e. The lowest BCUT2D eigenvalue weighted by molar-refractivity contribution is -0.117. The molecule has 0 unspecified atom stereocenters. The lowest BCUT2D eigenvalue weighted by atomic mass is 10.1. The fourth-order valence-electron chi connectivity index (χ4n) is 3.35. The SMILES string of the molecule is Cc1cccc(/C=C2/Oc3ccc(N)cc3N(CCc3ccccc3)C2=O)c1. The fraction of sp³-hybridized carbons (Fsp3) is 0.125. The number of rotatable bonds is 4. The van der Waals surface area contributed by atoms with Crippen molar-refractivity contribution >= 4 is 23.4 Å². The standard InChI is InChI=1S/C24H22N2O2/c1-17-6-5-9-19(14-17)15-23-24(27)26(13-12-18-7-3-2-4-8-18)21-16-20(25)10-11-22(21)28-23/h2-11,14-16H,12-13,25H2,1H3/b23-15+. The Hall–Kier alpha value is -3.53. The number of nitrogen functional groups attached to an aromatic ring is 1. The van der Waals surface area contributed by atoms with Gasteiger partial charge in [0.05, 0.1) is 5.69 Å². The highest BCUT2D eigenvalue weighted by Crippen LogP contribution is 2.37. The number of hydrogen-bond donors (Lipinski definition) is 1. The number of carbonyl (C=O) groups excluding carboxylic acids is 1. The monoisotopic (exact) mass is 370 g/mol. The van der Waals surface area contributed by atoms with Crippen molar-refractivity contribution in [3.8, 4) is 5.75 Å². The van der Waals surface area contributed by atoms with Crippen molar-refractivity contribution in [2.45, 2.75) is 13.3 Å². The number of amides is 1. The Kier molecular flexibility index (Phi) is 4.85. The van der Waals surface area contributed by atoms with Crippen LogP contribution in [0, 0.1) is 6.92 Å². The smallest absolute Gasteiger partial charge is 0.294 e. The third-order valence-electron chi connectivity index (χ3n) is 4.76. The Morgan fingerprint density at radius 2 is 1.82 bits per heavy atom. The van der Waals surface area contributed by atoms with Crippen LogP contribution in [0.1, 0.15) is 16.7 Å². The van der Waals surface area contributed by atoms with E-state index in [1.54, 1.807) is 23.1 Å². The van der Waals surface area contributed by atoms with Crippen LogP contribution < -0.4 is 15.4 Å². The first-order valence-corrected chi connectivity index (χ1v) is 9.32. The zero-order chi connectivity index (χ0) is 19.5. The van der Waals surface area contributed by atoms with Crippen LogP contribution in [0.5, 0.6) is 5.75 Å². The van der Waals surface area contributed by atoms with Gasteiger partial charge in [-0.1, -0.05) is 60.2 Å². The molecule has 0 atom stereocenters. The maximum absolute atomic E-state index is 13.2. The highest BCUT2D eigenvalue weighted by Gasteiger charge is 2.30. The van der Waals surface area contributed by atoms with Crippen LogP contribution in [0.3, 0.4) is 0 Å². The molecule has 0 spiro atoms. The molecule has 0 aromatic heterocycles. The molecule has 0 saturated carbocycles. The van der Waals surface area contributed by atoms with Gasteiger partial charge in [-0.05, 0) is 48.7 Å². The number of ether oxygens (including phenoxy) is 1. The Morgan fingerprint density at radius 1 is 1.00 bits per heavy atom. The van der Waals surface area contributed by atoms with E-state index in [0.717, 1.165) is 17.5 Å². The summed E-state index contributed by atoms with van der Waals surface area (Å²) in [6.45, 7) is 2.57. The van der Waals surface area contributed by atoms with E-state index in [-0.39, 0.29) is 5.91 Å². The van der Waals surface area contributed by atoms with E-state index in [2.05, 4.69) is 12.1 Å². The van der Waals surface area contributed by atoms with E-state index in [4.69, 9.17) is 10.5 Å². The van der Waals surface area contributed by atoms with Gasteiger partial charge in [-0.3, -0.25) is 4.79 Å². The predicted octanol–water partition coefficient (Wildman–Crippen LogP) is 4.59. The third-order valence-corrected chi connectivity index (χ3v) is 4.76. The second-order valence-electron chi connectivity index (χ2n) is 6.94. The molecule has 0 saturated heterocycles. The van der Waals surface area contributed by atoms with Crippen molar-refractivity contribution < 1.29 is 9.53 Å². The van der Waals surface area contributed by atoms with E-state index in [9.17, 15) is 4.79 Å². The molecule has 28 heavy (non-hydrogen) atoms. The van der Waals surface area contributed by atoms with Gasteiger partial charge in [0.2, 0.25) is 0 Å². The van der Waals surface area contributed by atoms with E-state index < -0.39 is 0 Å². The van der Waals surface area contributed by atoms with Gasteiger partial charge >= 0.3 is 0 Å². The highest BCUT2D eigenvalue weighted by molar-refractivity contribution is 6.10. The van der Waals surface area contributed by atoms with Gasteiger partial charge in [-0.25, -0.2) is 0 Å². The number of nitrogens with zero attached hydrogens (tertiary/aromatic N) is 1. The van der Waals surface area contributed by atoms with Gasteiger partial charge in [0.15, 0.2) is 11.5 Å². The van der Waals surface area contributed by atoms with Crippen molar-refractivity contribution in [2.75, 3.05) is 17.2 Å². The molecule has 3 aromatic rings. The molecule has 3 aromatic carbocycles. The summed E-state index contributed by atoms with van der Waals surface area (Å²) in [4.78, 5) is 15.0. The molecule has 1 aliphatic rings. The quantitative estimate of drug-likeness (QED) is 0.540. The molecule has 1 aliphatic heterocycles. The number of nitrogens with two attached hydrogens (primary N) is 1. The second-order valence-corrected chi connectivity index (χ2v) is 6.94. The summed E-state index contributed by atoms with van der Waals surface area (Å²) in [5.41, 5.74) is 10.5. The molecule has 1 amide bonds. The Balaban J connectivity index is 1.68. The van der Waals surface area contributed by atoms with Crippen molar-refractivity contribution in [3.63, 3.8) is 0 Å². The fourth-order valence-corrected chi connectivity index (χ4v) is 3.35. The molecule has 4 rings (SSSR count). The highest BCUT2D eigenvalue weighted by atomic mass is 16.5. The average molecular weight is 370 g/mol. The summed E-state index contributed by atoms with van der Waals surface area (Å²) in [6.07, 6.45) is 2.54. The van der Waals surface area contributed by atoms with Crippen LogP contribution in [0.4, 0.5) is 11.4 Å². The Morgan fingerprint density at radius 3 is 2.61 bits per heavy atom. The van der Waals surface area contributed by atoms with Crippen molar-refractivity contribution in [3.05, 3.63) is 95.2 Å². The van der Waals surface area contributed by atoms with Crippen LogP contribution in [-0.4, -0.2) is 12.5 Å². The average Bonchev–Trinajstić information content (AvgIpc) is 2.69. The molecule has 0 bridgehead atoms. The summed E-state index contributed by atoms with van der Waals surface area (Å²) < 4.78 is 5.94. The van der Waals surface area contributed by atoms with Crippen LogP contribution in [0.2, 0.25) is 0 Å². The van der Waals surface area contributed by atoms with E-state index in [1.807, 2.05) is 55.5 Å². The minimum absolute atomic E-state index is 0.157. The molecule has 140 valence electrons. The first kappa shape index (κ1) is 17.9. The van der Waals surface area contributed by atoms with Gasteiger partial charge in [0.1, 0.15) is 0 Å². The first-order chi connectivity index (χ1) is 13.6. The van der Waals surface area contributed by atoms with E-state index in [1.165, 1.54) is 5.56 Å². The normalized spacial score (nSPS) is 14.7. The van der Waals surface area contributed by atoms with Crippen LogP contribution >= 0.6 is 0 Å². The van der Waals surface area contributed by atoms with Crippen LogP contribution in [0.25, 0.3) is 6.08 Å². The molecule has 4 nitrogen and oxygen atoms in total. The van der Waals surface area contributed by atoms with Crippen molar-refractivity contribution in [1.82, 2.24) is 0 Å². The lowest BCUT2D eigenvalue weighted by Crippen LogP contribution is -2.38. The van der Waals surface area contributed by atoms with Gasteiger partial charge in [0.25, 0.3) is 5.91 Å². The van der Waals surface area contributed by atoms with E-state index in [0.29, 0.717) is 29.4 Å². The molecule has 0 fully saturated rings. The van der Waals surface area contributed by atoms with Gasteiger partial charge in [0, 0.05) is 12.2 Å². The molecule has 4 heteroatoms. The molecule has 1 heterocycles. The molecule has 0 radical (unpaired) electrons. The molecule has 0 aliphatic carbocycles. The summed E-state index contributed by atoms with van der Waals surface area (Å²) >= 11 is 0. The predicted molar refractivity (Wildman–Crippen MR) is 113 cm³/mol. The largest absolute Gasteiger partial charge is 0.449 e. The van der Waals surface area contributed by atoms with Gasteiger partial charge in [-0.15, -0.1) is 0 Å². The number of benzene rings is 3. The number of aryl methyl sites for hydroxylation is 1. The minimum atomic E-state index is -0.157. The summed E-state index contributed by atoms with van der Waals surface area (Å²) in [7, 11) is 0. The molecular formula is C24H22N2O2. The summed E-state index contributed by atoms with van der Waals surface area (Å²) in [6, 6.07) is 23.5. The lowest BCUT2D eigenvalue weighted by Gasteiger charge is -2.31. The van der Waals surface area contributed by atoms with Gasteiger partial charge in [-0.2, -0.15) is 0 Å². The number of hydrogen-bond acceptors (Lipinski definition) is 3. The summed E-state index contributed by atoms with van der Waals surface area (Å²) in [5, 5.41) is 0. The maximum Gasteiger partial charge on any atom is 0.294 e. The Labute approximate surface area is 164 Å². The number of carbonyl (C=O) groups is 1. The summed E-state index contributed by atoms with van der Waals surface area (Å²) in [5.74, 6) is 0.798. The molecular weight excluding hydrogens is 348 g/mol. The second kappa shape index (κ2) is 7.61. The third kappa shape index (κ3) is 3.76. The van der Waals surface area contributed by atoms with Crippen LogP contribution in [0.15, 0.2) is 78.6 Å². The first-order valence-electron chi connectivity index (χ1n) is 9.32.